The summed E-state index contributed by atoms with van der Waals surface area (Å²) in [6, 6.07) is 39.1. The van der Waals surface area contributed by atoms with Gasteiger partial charge in [-0.1, -0.05) is 98.8 Å². The molecule has 0 aliphatic carbocycles. The molecule has 0 spiro atoms. The molecule has 0 fully saturated rings. The van der Waals surface area contributed by atoms with E-state index in [1.807, 2.05) is 13.8 Å². The largest absolute Gasteiger partial charge is 0.355 e. The van der Waals surface area contributed by atoms with E-state index in [-0.39, 0.29) is 0 Å². The Morgan fingerprint density at radius 3 is 1.92 bits per heavy atom. The molecule has 0 amide bonds. The first kappa shape index (κ1) is 25.4. The average molecular weight is 497 g/mol. The third-order valence-electron chi connectivity index (χ3n) is 7.42. The first-order valence-corrected chi connectivity index (χ1v) is 13.6. The predicted octanol–water partition coefficient (Wildman–Crippen LogP) is 9.89. The molecule has 0 bridgehead atoms. The average Bonchev–Trinajstić information content (AvgIpc) is 3.48. The fourth-order valence-electron chi connectivity index (χ4n) is 5.32. The van der Waals surface area contributed by atoms with Crippen LogP contribution >= 0.6 is 0 Å². The summed E-state index contributed by atoms with van der Waals surface area (Å²) in [6.07, 6.45) is 0.927. The van der Waals surface area contributed by atoms with Crippen LogP contribution < -0.4 is 0 Å². The zero-order chi connectivity index (χ0) is 26.6. The second-order valence-corrected chi connectivity index (χ2v) is 9.70. The predicted molar refractivity (Wildman–Crippen MR) is 166 cm³/mol. The Balaban J connectivity index is 0.000000252. The molecule has 38 heavy (non-hydrogen) atoms. The van der Waals surface area contributed by atoms with Crippen LogP contribution in [0.2, 0.25) is 0 Å². The van der Waals surface area contributed by atoms with Crippen LogP contribution in [-0.4, -0.2) is 9.55 Å². The molecule has 1 N–H and O–H groups in total. The molecular formula is C36H36N2. The quantitative estimate of drug-likeness (QED) is 0.246. The van der Waals surface area contributed by atoms with E-state index >= 15 is 0 Å². The molecular weight excluding hydrogens is 460 g/mol. The van der Waals surface area contributed by atoms with Crippen molar-refractivity contribution in [3.8, 4) is 0 Å². The Hall–Kier alpha value is -4.30. The highest BCUT2D eigenvalue weighted by Crippen LogP contribution is 2.32. The van der Waals surface area contributed by atoms with E-state index in [4.69, 9.17) is 0 Å². The van der Waals surface area contributed by atoms with Gasteiger partial charge in [-0.2, -0.15) is 0 Å². The molecule has 0 aliphatic heterocycles. The van der Waals surface area contributed by atoms with Crippen molar-refractivity contribution in [1.29, 1.82) is 0 Å². The molecule has 0 atom stereocenters. The van der Waals surface area contributed by atoms with Crippen LogP contribution in [0.25, 0.3) is 43.6 Å². The molecule has 7 rings (SSSR count). The number of aryl methyl sites for hydroxylation is 3. The van der Waals surface area contributed by atoms with Crippen LogP contribution in [0, 0.1) is 13.8 Å². The second-order valence-electron chi connectivity index (χ2n) is 9.70. The molecule has 7 aromatic rings. The lowest BCUT2D eigenvalue weighted by molar-refractivity contribution is 1.01. The van der Waals surface area contributed by atoms with E-state index in [1.54, 1.807) is 0 Å². The maximum atomic E-state index is 3.56. The Morgan fingerprint density at radius 1 is 0.579 bits per heavy atom. The number of H-pyrrole nitrogens is 1. The van der Waals surface area contributed by atoms with Crippen molar-refractivity contribution < 1.29 is 0 Å². The molecule has 0 saturated heterocycles. The number of aromatic amines is 1. The Labute approximate surface area is 225 Å². The molecule has 2 nitrogen and oxygen atoms in total. The number of aromatic nitrogens is 2. The third-order valence-corrected chi connectivity index (χ3v) is 7.42. The highest BCUT2D eigenvalue weighted by atomic mass is 14.9. The zero-order valence-electron chi connectivity index (χ0n) is 23.0. The van der Waals surface area contributed by atoms with E-state index in [2.05, 4.69) is 140 Å². The van der Waals surface area contributed by atoms with E-state index < -0.39 is 0 Å². The van der Waals surface area contributed by atoms with Crippen molar-refractivity contribution >= 4 is 43.6 Å². The minimum absolute atomic E-state index is 0.927. The molecule has 2 heterocycles. The van der Waals surface area contributed by atoms with Crippen LogP contribution in [0.15, 0.2) is 109 Å². The second kappa shape index (κ2) is 11.0. The Morgan fingerprint density at radius 2 is 1.18 bits per heavy atom. The number of hydrogen-bond acceptors (Lipinski definition) is 0. The standard InChI is InChI=1S/C26H20N2.C8H10.C2H6/c1-28-24-12-5-3-8-19(24)20-14-13-17(16-25(20)28)15-18-7-6-11-23-26(18)21-9-2-4-10-22(21)27-23;1-7-5-3-4-6-8(7)2;1-2/h2-14,16,27H,15H2,1H3;3-6H,1-2H3;1-2H3. The van der Waals surface area contributed by atoms with Gasteiger partial charge in [-0.05, 0) is 66.8 Å². The smallest absolute Gasteiger partial charge is 0.0491 e. The summed E-state index contributed by atoms with van der Waals surface area (Å²) in [7, 11) is 2.16. The topological polar surface area (TPSA) is 20.7 Å². The SMILES string of the molecule is CC.Cc1ccccc1C.Cn1c2ccccc2c2ccc(Cc3cccc4[nH]c5ccccc5c34)cc21. The number of hydrogen-bond donors (Lipinski definition) is 1. The zero-order valence-corrected chi connectivity index (χ0v) is 23.0. The van der Waals surface area contributed by atoms with Gasteiger partial charge in [-0.15, -0.1) is 0 Å². The highest BCUT2D eigenvalue weighted by molar-refractivity contribution is 6.09. The van der Waals surface area contributed by atoms with E-state index in [0.29, 0.717) is 0 Å². The van der Waals surface area contributed by atoms with Crippen molar-refractivity contribution in [2.24, 2.45) is 7.05 Å². The molecule has 0 radical (unpaired) electrons. The van der Waals surface area contributed by atoms with Crippen LogP contribution in [0.4, 0.5) is 0 Å². The number of rotatable bonds is 2. The van der Waals surface area contributed by atoms with Gasteiger partial charge in [0.25, 0.3) is 0 Å². The molecule has 5 aromatic carbocycles. The van der Waals surface area contributed by atoms with Crippen LogP contribution in [-0.2, 0) is 13.5 Å². The van der Waals surface area contributed by atoms with Gasteiger partial charge < -0.3 is 9.55 Å². The molecule has 190 valence electrons. The van der Waals surface area contributed by atoms with Gasteiger partial charge in [-0.3, -0.25) is 0 Å². The van der Waals surface area contributed by atoms with Gasteiger partial charge in [0.2, 0.25) is 0 Å². The maximum Gasteiger partial charge on any atom is 0.0491 e. The van der Waals surface area contributed by atoms with E-state index in [9.17, 15) is 0 Å². The lowest BCUT2D eigenvalue weighted by Gasteiger charge is -2.06. The first-order valence-electron chi connectivity index (χ1n) is 13.6. The van der Waals surface area contributed by atoms with Crippen molar-refractivity contribution in [2.45, 2.75) is 34.1 Å². The van der Waals surface area contributed by atoms with Crippen molar-refractivity contribution in [1.82, 2.24) is 9.55 Å². The van der Waals surface area contributed by atoms with Gasteiger partial charge in [0.1, 0.15) is 0 Å². The third kappa shape index (κ3) is 4.70. The van der Waals surface area contributed by atoms with Crippen molar-refractivity contribution in [3.63, 3.8) is 0 Å². The van der Waals surface area contributed by atoms with Crippen LogP contribution in [0.3, 0.4) is 0 Å². The minimum Gasteiger partial charge on any atom is -0.355 e. The van der Waals surface area contributed by atoms with Crippen LogP contribution in [0.1, 0.15) is 36.1 Å². The summed E-state index contributed by atoms with van der Waals surface area (Å²) in [6.45, 7) is 8.24. The summed E-state index contributed by atoms with van der Waals surface area (Å²) in [5.41, 5.74) is 10.4. The normalized spacial score (nSPS) is 10.9. The summed E-state index contributed by atoms with van der Waals surface area (Å²) in [5, 5.41) is 5.30. The summed E-state index contributed by atoms with van der Waals surface area (Å²) < 4.78 is 2.31. The summed E-state index contributed by atoms with van der Waals surface area (Å²) in [4.78, 5) is 3.56. The van der Waals surface area contributed by atoms with Gasteiger partial charge in [-0.25, -0.2) is 0 Å². The Kier molecular flexibility index (Phi) is 7.33. The van der Waals surface area contributed by atoms with Gasteiger partial charge in [0.05, 0.1) is 0 Å². The summed E-state index contributed by atoms with van der Waals surface area (Å²) >= 11 is 0. The van der Waals surface area contributed by atoms with Gasteiger partial charge in [0.15, 0.2) is 0 Å². The lowest BCUT2D eigenvalue weighted by atomic mass is 9.98. The summed E-state index contributed by atoms with van der Waals surface area (Å²) in [5.74, 6) is 0. The van der Waals surface area contributed by atoms with Gasteiger partial charge in [0, 0.05) is 50.7 Å². The molecule has 2 aromatic heterocycles. The van der Waals surface area contributed by atoms with E-state index in [1.165, 1.54) is 65.9 Å². The number of benzene rings is 5. The Bertz CT molecular complexity index is 1830. The van der Waals surface area contributed by atoms with E-state index in [0.717, 1.165) is 6.42 Å². The number of fused-ring (bicyclic) bond motifs is 6. The molecule has 0 unspecified atom stereocenters. The van der Waals surface area contributed by atoms with Crippen molar-refractivity contribution in [3.05, 3.63) is 131 Å². The number of nitrogens with zero attached hydrogens (tertiary/aromatic N) is 1. The minimum atomic E-state index is 0.927. The lowest BCUT2D eigenvalue weighted by Crippen LogP contribution is -1.91. The van der Waals surface area contributed by atoms with Crippen LogP contribution in [0.5, 0.6) is 0 Å². The molecule has 0 saturated carbocycles. The highest BCUT2D eigenvalue weighted by Gasteiger charge is 2.11. The fraction of sp³-hybridized carbons (Fsp3) is 0.167. The number of nitrogens with one attached hydrogen (secondary N) is 1. The molecule has 0 aliphatic rings. The number of para-hydroxylation sites is 2. The van der Waals surface area contributed by atoms with Crippen molar-refractivity contribution in [2.75, 3.05) is 0 Å². The maximum absolute atomic E-state index is 3.56. The molecule has 2 heteroatoms. The first-order chi connectivity index (χ1) is 18.6. The fourth-order valence-corrected chi connectivity index (χ4v) is 5.32. The monoisotopic (exact) mass is 496 g/mol. The van der Waals surface area contributed by atoms with Gasteiger partial charge >= 0.3 is 0 Å².